The van der Waals surface area contributed by atoms with Gasteiger partial charge in [0.25, 0.3) is 5.91 Å². The van der Waals surface area contributed by atoms with Crippen LogP contribution >= 0.6 is 11.8 Å². The van der Waals surface area contributed by atoms with E-state index in [0.717, 1.165) is 12.1 Å². The number of esters is 1. The number of ether oxygens (including phenoxy) is 1. The normalized spacial score (nSPS) is 17.9. The number of hydrogen-bond donors (Lipinski definition) is 0. The molecule has 1 aliphatic rings. The van der Waals surface area contributed by atoms with Gasteiger partial charge in [-0.15, -0.1) is 11.8 Å². The van der Waals surface area contributed by atoms with Crippen molar-refractivity contribution < 1.29 is 23.6 Å². The number of benzene rings is 1. The average molecular weight is 328 g/mol. The number of halogens is 1. The number of nitrogens with zero attached hydrogens (tertiary/aromatic N) is 2. The van der Waals surface area contributed by atoms with Crippen LogP contribution in [0.2, 0.25) is 0 Å². The number of carbonyl (C=O) groups excluding carboxylic acids is 2. The lowest BCUT2D eigenvalue weighted by Crippen LogP contribution is -2.45. The zero-order chi connectivity index (χ0) is 16.3. The number of hydrogen-bond acceptors (Lipinski definition) is 6. The molecule has 2 rings (SSSR count). The Morgan fingerprint density at radius 3 is 2.86 bits per heavy atom. The Labute approximate surface area is 129 Å². The molecule has 0 aromatic heterocycles. The molecule has 0 aliphatic carbocycles. The van der Waals surface area contributed by atoms with Crippen LogP contribution in [-0.4, -0.2) is 52.9 Å². The molecule has 1 saturated heterocycles. The standard InChI is InChI=1S/C13H13FN2O5S/c1-21-13(18)11-7-15(4-5-22-11)12(17)8-2-3-9(14)10(6-8)16(19)20/h2-3,6,11H,4-5,7H2,1H3/t11-/m1/s1. The predicted molar refractivity (Wildman–Crippen MR) is 77.2 cm³/mol. The maximum Gasteiger partial charge on any atom is 0.320 e. The molecule has 0 saturated carbocycles. The first-order chi connectivity index (χ1) is 10.4. The molecule has 1 atom stereocenters. The molecule has 1 fully saturated rings. The first kappa shape index (κ1) is 16.2. The highest BCUT2D eigenvalue weighted by Crippen LogP contribution is 2.23. The molecule has 1 aromatic carbocycles. The second kappa shape index (κ2) is 6.73. The molecular formula is C13H13FN2O5S. The molecule has 1 amide bonds. The van der Waals surface area contributed by atoms with E-state index in [9.17, 15) is 24.1 Å². The third-order valence-corrected chi connectivity index (χ3v) is 4.37. The largest absolute Gasteiger partial charge is 0.468 e. The second-order valence-corrected chi connectivity index (χ2v) is 5.87. The van der Waals surface area contributed by atoms with Crippen molar-refractivity contribution in [1.82, 2.24) is 4.90 Å². The zero-order valence-corrected chi connectivity index (χ0v) is 12.5. The number of nitro benzene ring substituents is 1. The number of methoxy groups -OCH3 is 1. The van der Waals surface area contributed by atoms with Gasteiger partial charge in [0.2, 0.25) is 5.82 Å². The first-order valence-electron chi connectivity index (χ1n) is 6.36. The van der Waals surface area contributed by atoms with Crippen LogP contribution in [0, 0.1) is 15.9 Å². The van der Waals surface area contributed by atoms with Crippen molar-refractivity contribution >= 4 is 29.3 Å². The second-order valence-electron chi connectivity index (χ2n) is 4.56. The van der Waals surface area contributed by atoms with Crippen LogP contribution < -0.4 is 0 Å². The molecule has 0 radical (unpaired) electrons. The minimum Gasteiger partial charge on any atom is -0.468 e. The topological polar surface area (TPSA) is 89.8 Å². The summed E-state index contributed by atoms with van der Waals surface area (Å²) in [5, 5.41) is 10.2. The quantitative estimate of drug-likeness (QED) is 0.474. The minimum atomic E-state index is -0.997. The van der Waals surface area contributed by atoms with E-state index in [2.05, 4.69) is 4.74 Å². The van der Waals surface area contributed by atoms with Crippen LogP contribution in [0.4, 0.5) is 10.1 Å². The van der Waals surface area contributed by atoms with Gasteiger partial charge in [-0.25, -0.2) is 0 Å². The van der Waals surface area contributed by atoms with E-state index < -0.39 is 33.6 Å². The summed E-state index contributed by atoms with van der Waals surface area (Å²) in [5.41, 5.74) is -0.731. The van der Waals surface area contributed by atoms with E-state index >= 15 is 0 Å². The number of thioether (sulfide) groups is 1. The van der Waals surface area contributed by atoms with Gasteiger partial charge in [-0.3, -0.25) is 19.7 Å². The first-order valence-corrected chi connectivity index (χ1v) is 7.41. The molecule has 0 unspecified atom stereocenters. The monoisotopic (exact) mass is 328 g/mol. The molecule has 0 bridgehead atoms. The summed E-state index contributed by atoms with van der Waals surface area (Å²) in [5.74, 6) is -1.34. The Bertz CT molecular complexity index is 624. The van der Waals surface area contributed by atoms with Crippen molar-refractivity contribution in [2.75, 3.05) is 26.0 Å². The highest BCUT2D eigenvalue weighted by Gasteiger charge is 2.30. The minimum absolute atomic E-state index is 0.0172. The Hall–Kier alpha value is -2.16. The highest BCUT2D eigenvalue weighted by atomic mass is 32.2. The summed E-state index contributed by atoms with van der Waals surface area (Å²) < 4.78 is 18.0. The fourth-order valence-corrected chi connectivity index (χ4v) is 3.20. The SMILES string of the molecule is COC(=O)[C@H]1CN(C(=O)c2ccc(F)c([N+](=O)[O-])c2)CCS1. The third-order valence-electron chi connectivity index (χ3n) is 3.21. The van der Waals surface area contributed by atoms with Crippen molar-refractivity contribution in [1.29, 1.82) is 0 Å². The maximum atomic E-state index is 13.3. The molecular weight excluding hydrogens is 315 g/mol. The van der Waals surface area contributed by atoms with E-state index in [0.29, 0.717) is 12.3 Å². The van der Waals surface area contributed by atoms with Gasteiger partial charge in [0.15, 0.2) is 0 Å². The van der Waals surface area contributed by atoms with Crippen LogP contribution in [0.1, 0.15) is 10.4 Å². The van der Waals surface area contributed by atoms with Gasteiger partial charge in [-0.1, -0.05) is 0 Å². The van der Waals surface area contributed by atoms with E-state index in [1.807, 2.05) is 0 Å². The van der Waals surface area contributed by atoms with Gasteiger partial charge in [-0.2, -0.15) is 4.39 Å². The van der Waals surface area contributed by atoms with Crippen LogP contribution in [0.25, 0.3) is 0 Å². The summed E-state index contributed by atoms with van der Waals surface area (Å²) >= 11 is 1.39. The van der Waals surface area contributed by atoms with Crippen LogP contribution in [0.15, 0.2) is 18.2 Å². The van der Waals surface area contributed by atoms with Crippen molar-refractivity contribution in [3.63, 3.8) is 0 Å². The average Bonchev–Trinajstić information content (AvgIpc) is 2.53. The van der Waals surface area contributed by atoms with Gasteiger partial charge >= 0.3 is 11.7 Å². The number of nitro groups is 1. The summed E-state index contributed by atoms with van der Waals surface area (Å²) in [6, 6.07) is 2.99. The molecule has 1 aliphatic heterocycles. The van der Waals surface area contributed by atoms with Gasteiger partial charge < -0.3 is 9.64 Å². The van der Waals surface area contributed by atoms with E-state index in [1.165, 1.54) is 29.8 Å². The van der Waals surface area contributed by atoms with Crippen LogP contribution in [0.3, 0.4) is 0 Å². The van der Waals surface area contributed by atoms with Crippen molar-refractivity contribution in [2.24, 2.45) is 0 Å². The Balaban J connectivity index is 2.19. The molecule has 0 N–H and O–H groups in total. The summed E-state index contributed by atoms with van der Waals surface area (Å²) in [7, 11) is 1.27. The van der Waals surface area contributed by atoms with Gasteiger partial charge in [0, 0.05) is 30.5 Å². The molecule has 118 valence electrons. The van der Waals surface area contributed by atoms with Crippen molar-refractivity contribution in [3.8, 4) is 0 Å². The number of carbonyl (C=O) groups is 2. The fourth-order valence-electron chi connectivity index (χ4n) is 2.08. The summed E-state index contributed by atoms with van der Waals surface area (Å²) in [6.45, 7) is 0.559. The smallest absolute Gasteiger partial charge is 0.320 e. The van der Waals surface area contributed by atoms with Gasteiger partial charge in [0.05, 0.1) is 12.0 Å². The number of amides is 1. The lowest BCUT2D eigenvalue weighted by atomic mass is 10.1. The van der Waals surface area contributed by atoms with E-state index in [4.69, 9.17) is 0 Å². The lowest BCUT2D eigenvalue weighted by Gasteiger charge is -2.31. The summed E-state index contributed by atoms with van der Waals surface area (Å²) in [6.07, 6.45) is 0. The molecule has 9 heteroatoms. The van der Waals surface area contributed by atoms with Gasteiger partial charge in [0.1, 0.15) is 5.25 Å². The molecule has 0 spiro atoms. The van der Waals surface area contributed by atoms with Crippen molar-refractivity contribution in [3.05, 3.63) is 39.7 Å². The Kier molecular flexibility index (Phi) is 4.96. The molecule has 22 heavy (non-hydrogen) atoms. The Morgan fingerprint density at radius 2 is 2.23 bits per heavy atom. The fraction of sp³-hybridized carbons (Fsp3) is 0.385. The predicted octanol–water partition coefficient (Wildman–Crippen LogP) is 1.46. The lowest BCUT2D eigenvalue weighted by molar-refractivity contribution is -0.387. The number of rotatable bonds is 3. The molecule has 7 nitrogen and oxygen atoms in total. The molecule has 1 aromatic rings. The third kappa shape index (κ3) is 3.35. The van der Waals surface area contributed by atoms with Crippen LogP contribution in [0.5, 0.6) is 0 Å². The Morgan fingerprint density at radius 1 is 1.50 bits per heavy atom. The van der Waals surface area contributed by atoms with Gasteiger partial charge in [-0.05, 0) is 12.1 Å². The highest BCUT2D eigenvalue weighted by molar-refractivity contribution is 8.00. The van der Waals surface area contributed by atoms with E-state index in [1.54, 1.807) is 0 Å². The van der Waals surface area contributed by atoms with Crippen LogP contribution in [-0.2, 0) is 9.53 Å². The van der Waals surface area contributed by atoms with Crippen molar-refractivity contribution in [2.45, 2.75) is 5.25 Å². The maximum absolute atomic E-state index is 13.3. The molecule has 1 heterocycles. The summed E-state index contributed by atoms with van der Waals surface area (Å²) in [4.78, 5) is 35.2. The van der Waals surface area contributed by atoms with E-state index in [-0.39, 0.29) is 12.1 Å². The zero-order valence-electron chi connectivity index (χ0n) is 11.7.